The summed E-state index contributed by atoms with van der Waals surface area (Å²) in [5, 5.41) is 18.4. The minimum atomic E-state index is 0.0602. The van der Waals surface area contributed by atoms with Gasteiger partial charge in [-0.2, -0.15) is 15.5 Å². The third-order valence-electron chi connectivity index (χ3n) is 4.88. The van der Waals surface area contributed by atoms with Gasteiger partial charge in [0.15, 0.2) is 0 Å². The molecule has 4 aromatic rings. The average molecular weight is 455 g/mol. The quantitative estimate of drug-likeness (QED) is 0.268. The first-order valence-corrected chi connectivity index (χ1v) is 11.1. The summed E-state index contributed by atoms with van der Waals surface area (Å²) in [6.07, 6.45) is 3.65. The predicted molar refractivity (Wildman–Crippen MR) is 131 cm³/mol. The van der Waals surface area contributed by atoms with Crippen molar-refractivity contribution in [3.05, 3.63) is 77.9 Å². The van der Waals surface area contributed by atoms with Gasteiger partial charge in [-0.3, -0.25) is 0 Å². The lowest BCUT2D eigenvalue weighted by atomic mass is 10.1. The minimum absolute atomic E-state index is 0.0602. The van der Waals surface area contributed by atoms with Gasteiger partial charge in [0.1, 0.15) is 17.5 Å². The average Bonchev–Trinajstić information content (AvgIpc) is 3.44. The number of oxazole rings is 1. The second kappa shape index (κ2) is 10.0. The second-order valence-corrected chi connectivity index (χ2v) is 8.27. The molecule has 1 N–H and O–H groups in total. The van der Waals surface area contributed by atoms with E-state index in [1.807, 2.05) is 94.6 Å². The van der Waals surface area contributed by atoms with Gasteiger partial charge in [-0.05, 0) is 50.2 Å². The molecule has 0 saturated heterocycles. The Balaban J connectivity index is 1.66. The van der Waals surface area contributed by atoms with Gasteiger partial charge in [0.2, 0.25) is 11.6 Å². The molecule has 0 aliphatic rings. The lowest BCUT2D eigenvalue weighted by Crippen LogP contribution is -2.05. The fraction of sp³-hybridized carbons (Fsp3) is 0.231. The molecule has 0 aliphatic carbocycles. The highest BCUT2D eigenvalue weighted by Crippen LogP contribution is 2.26. The van der Waals surface area contributed by atoms with Gasteiger partial charge in [0, 0.05) is 23.2 Å². The molecule has 0 amide bonds. The number of nitrogens with zero attached hydrogens (tertiary/aromatic N) is 5. The summed E-state index contributed by atoms with van der Waals surface area (Å²) in [7, 11) is 0. The van der Waals surface area contributed by atoms with E-state index in [0.717, 1.165) is 28.3 Å². The van der Waals surface area contributed by atoms with Crippen LogP contribution < -0.4 is 10.2 Å². The summed E-state index contributed by atoms with van der Waals surface area (Å²) in [6.45, 7) is 7.88. The molecule has 8 nitrogen and oxygen atoms in total. The Morgan fingerprint density at radius 1 is 1.09 bits per heavy atom. The van der Waals surface area contributed by atoms with Crippen molar-refractivity contribution in [1.29, 1.82) is 5.26 Å². The van der Waals surface area contributed by atoms with Crippen LogP contribution in [0.15, 0.2) is 70.3 Å². The predicted octanol–water partition coefficient (Wildman–Crippen LogP) is 5.76. The lowest BCUT2D eigenvalue weighted by Gasteiger charge is -2.09. The summed E-state index contributed by atoms with van der Waals surface area (Å²) >= 11 is 0. The van der Waals surface area contributed by atoms with Crippen molar-refractivity contribution >= 4 is 12.1 Å². The normalized spacial score (nSPS) is 11.3. The van der Waals surface area contributed by atoms with Crippen LogP contribution in [0.3, 0.4) is 0 Å². The smallest absolute Gasteiger partial charge is 0.252 e. The first-order chi connectivity index (χ1) is 16.4. The number of anilines is 1. The van der Waals surface area contributed by atoms with E-state index in [-0.39, 0.29) is 23.6 Å². The number of nitrogens with one attached hydrogen (secondary N) is 1. The van der Waals surface area contributed by atoms with E-state index in [0.29, 0.717) is 5.89 Å². The molecule has 4 rings (SSSR count). The largest absolute Gasteiger partial charge is 0.491 e. The molecule has 0 saturated carbocycles. The van der Waals surface area contributed by atoms with Gasteiger partial charge >= 0.3 is 0 Å². The molecule has 0 bridgehead atoms. The number of hydrazone groups is 1. The van der Waals surface area contributed by atoms with Crippen LogP contribution in [0.4, 0.5) is 5.88 Å². The van der Waals surface area contributed by atoms with Crippen LogP contribution in [-0.4, -0.2) is 27.1 Å². The molecule has 2 heterocycles. The van der Waals surface area contributed by atoms with Crippen LogP contribution in [-0.2, 0) is 0 Å². The van der Waals surface area contributed by atoms with Gasteiger partial charge < -0.3 is 9.15 Å². The molecule has 0 aliphatic heterocycles. The van der Waals surface area contributed by atoms with Crippen molar-refractivity contribution in [2.75, 3.05) is 5.43 Å². The van der Waals surface area contributed by atoms with Gasteiger partial charge in [0.25, 0.3) is 5.88 Å². The zero-order chi connectivity index (χ0) is 24.1. The Kier molecular flexibility index (Phi) is 6.74. The Hall–Kier alpha value is -4.38. The molecule has 0 radical (unpaired) electrons. The minimum Gasteiger partial charge on any atom is -0.491 e. The van der Waals surface area contributed by atoms with Crippen molar-refractivity contribution in [1.82, 2.24) is 14.8 Å². The highest BCUT2D eigenvalue weighted by Gasteiger charge is 2.15. The van der Waals surface area contributed by atoms with Crippen molar-refractivity contribution < 1.29 is 9.15 Å². The molecule has 8 heteroatoms. The number of para-hydroxylation sites is 1. The third kappa shape index (κ3) is 5.15. The van der Waals surface area contributed by atoms with E-state index < -0.39 is 0 Å². The zero-order valence-electron chi connectivity index (χ0n) is 19.6. The molecule has 2 aromatic carbocycles. The summed E-state index contributed by atoms with van der Waals surface area (Å²) in [4.78, 5) is 4.20. The fourth-order valence-electron chi connectivity index (χ4n) is 3.28. The Bertz CT molecular complexity index is 1310. The molecule has 0 atom stereocenters. The van der Waals surface area contributed by atoms with E-state index >= 15 is 0 Å². The maximum Gasteiger partial charge on any atom is 0.252 e. The molecule has 172 valence electrons. The molecule has 2 aromatic heterocycles. The fourth-order valence-corrected chi connectivity index (χ4v) is 3.28. The summed E-state index contributed by atoms with van der Waals surface area (Å²) in [6, 6.07) is 19.7. The summed E-state index contributed by atoms with van der Waals surface area (Å²) < 4.78 is 13.2. The van der Waals surface area contributed by atoms with Crippen molar-refractivity contribution in [2.24, 2.45) is 5.10 Å². The molecule has 0 fully saturated rings. The monoisotopic (exact) mass is 454 g/mol. The number of benzene rings is 2. The molecule has 0 spiro atoms. The number of rotatable bonds is 8. The highest BCUT2D eigenvalue weighted by atomic mass is 16.5. The summed E-state index contributed by atoms with van der Waals surface area (Å²) in [5.74, 6) is 1.56. The van der Waals surface area contributed by atoms with Gasteiger partial charge in [0.05, 0.1) is 18.0 Å². The van der Waals surface area contributed by atoms with Crippen LogP contribution >= 0.6 is 0 Å². The number of nitriles is 1. The van der Waals surface area contributed by atoms with Crippen molar-refractivity contribution in [3.63, 3.8) is 0 Å². The van der Waals surface area contributed by atoms with Crippen LogP contribution in [0.1, 0.15) is 50.8 Å². The van der Waals surface area contributed by atoms with Gasteiger partial charge in [-0.1, -0.05) is 32.0 Å². The number of ether oxygens (including phenoxy) is 1. The summed E-state index contributed by atoms with van der Waals surface area (Å²) in [5.41, 5.74) is 6.37. The number of hydrogen-bond donors (Lipinski definition) is 1. The third-order valence-corrected chi connectivity index (χ3v) is 4.88. The first kappa shape index (κ1) is 22.8. The topological polar surface area (TPSA) is 101 Å². The Labute approximate surface area is 198 Å². The van der Waals surface area contributed by atoms with Crippen LogP contribution in [0.25, 0.3) is 16.9 Å². The maximum absolute atomic E-state index is 9.34. The van der Waals surface area contributed by atoms with E-state index in [2.05, 4.69) is 15.5 Å². The standard InChI is InChI=1S/C26H26N6O2/c1-17(2)25-29-23(14-27)26(34-25)30-28-15-20-16-32(21-8-6-5-7-9-21)31-24(20)19-10-12-22(13-11-19)33-18(3)4/h5-13,15-18,30H,1-4H3. The molecule has 0 unspecified atom stereocenters. The number of hydrogen-bond acceptors (Lipinski definition) is 7. The first-order valence-electron chi connectivity index (χ1n) is 11.1. The van der Waals surface area contributed by atoms with Crippen LogP contribution in [0, 0.1) is 11.3 Å². The van der Waals surface area contributed by atoms with Crippen molar-refractivity contribution in [3.8, 4) is 28.8 Å². The number of aromatic nitrogens is 3. The Morgan fingerprint density at radius 3 is 2.47 bits per heavy atom. The second-order valence-electron chi connectivity index (χ2n) is 8.27. The van der Waals surface area contributed by atoms with E-state index in [9.17, 15) is 5.26 Å². The Morgan fingerprint density at radius 2 is 1.82 bits per heavy atom. The van der Waals surface area contributed by atoms with Gasteiger partial charge in [-0.25, -0.2) is 15.1 Å². The van der Waals surface area contributed by atoms with E-state index in [1.165, 1.54) is 0 Å². The highest BCUT2D eigenvalue weighted by molar-refractivity contribution is 5.89. The lowest BCUT2D eigenvalue weighted by molar-refractivity contribution is 0.242. The van der Waals surface area contributed by atoms with Crippen molar-refractivity contribution in [2.45, 2.75) is 39.7 Å². The van der Waals surface area contributed by atoms with Crippen LogP contribution in [0.5, 0.6) is 5.75 Å². The molecular weight excluding hydrogens is 428 g/mol. The van der Waals surface area contributed by atoms with Gasteiger partial charge in [-0.15, -0.1) is 0 Å². The maximum atomic E-state index is 9.34. The molecule has 34 heavy (non-hydrogen) atoms. The zero-order valence-corrected chi connectivity index (χ0v) is 19.6. The van der Waals surface area contributed by atoms with E-state index in [1.54, 1.807) is 10.9 Å². The molecular formula is C26H26N6O2. The van der Waals surface area contributed by atoms with Crippen LogP contribution in [0.2, 0.25) is 0 Å². The SMILES string of the molecule is CC(C)Oc1ccc(-c2nn(-c3ccccc3)cc2C=NNc2oc(C(C)C)nc2C#N)cc1. The van der Waals surface area contributed by atoms with E-state index in [4.69, 9.17) is 14.3 Å².